The summed E-state index contributed by atoms with van der Waals surface area (Å²) in [5.74, 6) is -0.799. The summed E-state index contributed by atoms with van der Waals surface area (Å²) >= 11 is 5.64. The van der Waals surface area contributed by atoms with Gasteiger partial charge in [-0.25, -0.2) is 4.79 Å². The van der Waals surface area contributed by atoms with Gasteiger partial charge in [0.25, 0.3) is 0 Å². The highest BCUT2D eigenvalue weighted by molar-refractivity contribution is 6.30. The Hall–Kier alpha value is -1.86. The van der Waals surface area contributed by atoms with Gasteiger partial charge in [0.15, 0.2) is 5.75 Å². The topological polar surface area (TPSA) is 105 Å². The van der Waals surface area contributed by atoms with Gasteiger partial charge in [-0.1, -0.05) is 11.6 Å². The minimum Gasteiger partial charge on any atom is -0.470 e. The second kappa shape index (κ2) is 6.18. The molecular weight excluding hydrogens is 264 g/mol. The Morgan fingerprint density at radius 1 is 1.61 bits per heavy atom. The fraction of sp³-hybridized carbons (Fsp3) is 0.300. The van der Waals surface area contributed by atoms with Crippen LogP contribution in [0.4, 0.5) is 5.69 Å². The van der Waals surface area contributed by atoms with Crippen LogP contribution in [0.5, 0.6) is 5.75 Å². The maximum Gasteiger partial charge on any atom is 0.348 e. The highest BCUT2D eigenvalue weighted by Crippen LogP contribution is 2.30. The zero-order chi connectivity index (χ0) is 13.7. The lowest BCUT2D eigenvalue weighted by Crippen LogP contribution is -2.36. The van der Waals surface area contributed by atoms with Gasteiger partial charge in [0, 0.05) is 17.6 Å². The lowest BCUT2D eigenvalue weighted by Gasteiger charge is -2.14. The minimum atomic E-state index is -1.10. The SMILES string of the molecule is COC(=O)C(CN)Oc1ccc(Cl)cc1[N+](=O)[O-]. The van der Waals surface area contributed by atoms with Gasteiger partial charge in [-0.05, 0) is 12.1 Å². The molecule has 0 aromatic heterocycles. The van der Waals surface area contributed by atoms with Gasteiger partial charge in [0.05, 0.1) is 12.0 Å². The average Bonchev–Trinajstić information content (AvgIpc) is 2.36. The Morgan fingerprint density at radius 2 is 2.28 bits per heavy atom. The Labute approximate surface area is 108 Å². The maximum absolute atomic E-state index is 11.3. The molecule has 0 aliphatic heterocycles. The van der Waals surface area contributed by atoms with Crippen molar-refractivity contribution in [3.8, 4) is 5.75 Å². The van der Waals surface area contributed by atoms with Crippen molar-refractivity contribution >= 4 is 23.3 Å². The molecule has 1 atom stereocenters. The van der Waals surface area contributed by atoms with Crippen molar-refractivity contribution in [2.45, 2.75) is 6.10 Å². The summed E-state index contributed by atoms with van der Waals surface area (Å²) in [4.78, 5) is 21.4. The van der Waals surface area contributed by atoms with Crippen molar-refractivity contribution < 1.29 is 19.2 Å². The molecule has 0 radical (unpaired) electrons. The second-order valence-electron chi connectivity index (χ2n) is 3.23. The summed E-state index contributed by atoms with van der Waals surface area (Å²) in [5.41, 5.74) is 4.99. The first-order valence-corrected chi connectivity index (χ1v) is 5.26. The summed E-state index contributed by atoms with van der Waals surface area (Å²) in [6.45, 7) is -0.160. The summed E-state index contributed by atoms with van der Waals surface area (Å²) in [5, 5.41) is 11.0. The minimum absolute atomic E-state index is 0.0924. The molecule has 18 heavy (non-hydrogen) atoms. The van der Waals surface area contributed by atoms with Crippen LogP contribution in [0, 0.1) is 10.1 Å². The van der Waals surface area contributed by atoms with Gasteiger partial charge >= 0.3 is 11.7 Å². The molecular formula is C10H11ClN2O5. The standard InChI is InChI=1S/C10H11ClN2O5/c1-17-10(14)9(5-12)18-8-3-2-6(11)4-7(8)13(15)16/h2-4,9H,5,12H2,1H3. The number of benzene rings is 1. The molecule has 0 aliphatic rings. The quantitative estimate of drug-likeness (QED) is 0.490. The molecule has 1 rings (SSSR count). The lowest BCUT2D eigenvalue weighted by molar-refractivity contribution is -0.386. The molecule has 0 aliphatic carbocycles. The Bertz CT molecular complexity index is 466. The summed E-state index contributed by atoms with van der Waals surface area (Å²) < 4.78 is 9.62. The van der Waals surface area contributed by atoms with Gasteiger partial charge in [-0.2, -0.15) is 0 Å². The monoisotopic (exact) mass is 274 g/mol. The van der Waals surface area contributed by atoms with E-state index < -0.39 is 17.0 Å². The number of halogens is 1. The fourth-order valence-electron chi connectivity index (χ4n) is 1.21. The molecule has 0 bridgehead atoms. The van der Waals surface area contributed by atoms with E-state index in [0.29, 0.717) is 0 Å². The summed E-state index contributed by atoms with van der Waals surface area (Å²) in [6, 6.07) is 3.84. The Balaban J connectivity index is 3.02. The van der Waals surface area contributed by atoms with Crippen LogP contribution in [0.3, 0.4) is 0 Å². The van der Waals surface area contributed by atoms with E-state index in [4.69, 9.17) is 22.1 Å². The van der Waals surface area contributed by atoms with E-state index in [1.807, 2.05) is 0 Å². The number of carbonyl (C=O) groups is 1. The number of ether oxygens (including phenoxy) is 2. The van der Waals surface area contributed by atoms with Gasteiger partial charge in [0.1, 0.15) is 0 Å². The largest absolute Gasteiger partial charge is 0.470 e. The number of methoxy groups -OCH3 is 1. The van der Waals surface area contributed by atoms with Gasteiger partial charge < -0.3 is 15.2 Å². The molecule has 0 saturated heterocycles. The first-order valence-electron chi connectivity index (χ1n) is 4.88. The van der Waals surface area contributed by atoms with E-state index in [1.165, 1.54) is 19.2 Å². The van der Waals surface area contributed by atoms with Crippen LogP contribution >= 0.6 is 11.6 Å². The van der Waals surface area contributed by atoms with Crippen LogP contribution < -0.4 is 10.5 Å². The summed E-state index contributed by atoms with van der Waals surface area (Å²) in [6.07, 6.45) is -1.10. The molecule has 0 spiro atoms. The highest BCUT2D eigenvalue weighted by atomic mass is 35.5. The number of nitrogens with zero attached hydrogens (tertiary/aromatic N) is 1. The van der Waals surface area contributed by atoms with Crippen LogP contribution in [0.25, 0.3) is 0 Å². The molecule has 8 heteroatoms. The van der Waals surface area contributed by atoms with E-state index in [2.05, 4.69) is 4.74 Å². The fourth-order valence-corrected chi connectivity index (χ4v) is 1.38. The van der Waals surface area contributed by atoms with E-state index in [-0.39, 0.29) is 23.0 Å². The van der Waals surface area contributed by atoms with E-state index in [1.54, 1.807) is 0 Å². The highest BCUT2D eigenvalue weighted by Gasteiger charge is 2.24. The molecule has 98 valence electrons. The van der Waals surface area contributed by atoms with Crippen molar-refractivity contribution in [1.29, 1.82) is 0 Å². The molecule has 7 nitrogen and oxygen atoms in total. The molecule has 1 aromatic rings. The second-order valence-corrected chi connectivity index (χ2v) is 3.67. The third-order valence-electron chi connectivity index (χ3n) is 2.07. The van der Waals surface area contributed by atoms with Gasteiger partial charge in [-0.3, -0.25) is 10.1 Å². The zero-order valence-corrected chi connectivity index (χ0v) is 10.2. The number of nitro benzene ring substituents is 1. The van der Waals surface area contributed by atoms with Crippen molar-refractivity contribution in [2.75, 3.05) is 13.7 Å². The van der Waals surface area contributed by atoms with E-state index in [9.17, 15) is 14.9 Å². The van der Waals surface area contributed by atoms with Crippen molar-refractivity contribution in [2.24, 2.45) is 5.73 Å². The number of carbonyl (C=O) groups excluding carboxylic acids is 1. The molecule has 0 fully saturated rings. The number of rotatable bonds is 5. The number of hydrogen-bond acceptors (Lipinski definition) is 6. The summed E-state index contributed by atoms with van der Waals surface area (Å²) in [7, 11) is 1.17. The van der Waals surface area contributed by atoms with Gasteiger partial charge in [0.2, 0.25) is 6.10 Å². The van der Waals surface area contributed by atoms with E-state index >= 15 is 0 Å². The molecule has 2 N–H and O–H groups in total. The molecule has 0 amide bonds. The first-order chi connectivity index (χ1) is 8.49. The molecule has 0 heterocycles. The maximum atomic E-state index is 11.3. The Kier molecular flexibility index (Phi) is 4.87. The average molecular weight is 275 g/mol. The molecule has 1 aromatic carbocycles. The van der Waals surface area contributed by atoms with Crippen molar-refractivity contribution in [1.82, 2.24) is 0 Å². The van der Waals surface area contributed by atoms with Gasteiger partial charge in [-0.15, -0.1) is 0 Å². The predicted molar refractivity (Wildman–Crippen MR) is 63.6 cm³/mol. The molecule has 1 unspecified atom stereocenters. The lowest BCUT2D eigenvalue weighted by atomic mass is 10.3. The molecule has 0 saturated carbocycles. The zero-order valence-electron chi connectivity index (χ0n) is 9.46. The van der Waals surface area contributed by atoms with Crippen LogP contribution in [0.15, 0.2) is 18.2 Å². The third kappa shape index (κ3) is 3.31. The smallest absolute Gasteiger partial charge is 0.348 e. The predicted octanol–water partition coefficient (Wildman–Crippen LogP) is 1.13. The van der Waals surface area contributed by atoms with Crippen molar-refractivity contribution in [3.05, 3.63) is 33.3 Å². The van der Waals surface area contributed by atoms with E-state index in [0.717, 1.165) is 6.07 Å². The number of nitrogens with two attached hydrogens (primary N) is 1. The van der Waals surface area contributed by atoms with Crippen LogP contribution in [0.2, 0.25) is 5.02 Å². The Morgan fingerprint density at radius 3 is 2.78 bits per heavy atom. The van der Waals surface area contributed by atoms with Crippen LogP contribution in [-0.4, -0.2) is 30.7 Å². The van der Waals surface area contributed by atoms with Crippen LogP contribution in [0.1, 0.15) is 0 Å². The number of esters is 1. The normalized spacial score (nSPS) is 11.7. The third-order valence-corrected chi connectivity index (χ3v) is 2.30. The first kappa shape index (κ1) is 14.2. The number of hydrogen-bond donors (Lipinski definition) is 1. The van der Waals surface area contributed by atoms with Crippen LogP contribution in [-0.2, 0) is 9.53 Å². The number of nitro groups is 1. The van der Waals surface area contributed by atoms with Crippen molar-refractivity contribution in [3.63, 3.8) is 0 Å².